The van der Waals surface area contributed by atoms with Crippen molar-refractivity contribution in [3.8, 4) is 0 Å². The molecule has 0 aromatic heterocycles. The monoisotopic (exact) mass is 276 g/mol. The number of nitrogens with one attached hydrogen (secondary N) is 2. The molecule has 1 spiro atoms. The summed E-state index contributed by atoms with van der Waals surface area (Å²) in [7, 11) is 0. The van der Waals surface area contributed by atoms with Crippen LogP contribution in [0.5, 0.6) is 0 Å². The highest BCUT2D eigenvalue weighted by molar-refractivity contribution is 5.83. The van der Waals surface area contributed by atoms with E-state index >= 15 is 0 Å². The molecule has 2 N–H and O–H groups in total. The second kappa shape index (κ2) is 5.01. The maximum Gasteiger partial charge on any atom is 0.223 e. The first-order valence-electron chi connectivity index (χ1n) is 8.80. The van der Waals surface area contributed by atoms with Crippen molar-refractivity contribution < 1.29 is 4.79 Å². The van der Waals surface area contributed by atoms with Crippen LogP contribution < -0.4 is 10.6 Å². The highest BCUT2D eigenvalue weighted by Gasteiger charge is 2.58. The summed E-state index contributed by atoms with van der Waals surface area (Å²) in [5.74, 6) is 2.47. The fourth-order valence-electron chi connectivity index (χ4n) is 4.94. The van der Waals surface area contributed by atoms with Gasteiger partial charge in [-0.1, -0.05) is 32.1 Å². The molecule has 4 aliphatic rings. The van der Waals surface area contributed by atoms with Crippen LogP contribution in [0, 0.1) is 23.2 Å². The quantitative estimate of drug-likeness (QED) is 0.831. The lowest BCUT2D eigenvalue weighted by molar-refractivity contribution is -0.123. The number of amides is 1. The molecule has 1 heterocycles. The van der Waals surface area contributed by atoms with Gasteiger partial charge in [-0.25, -0.2) is 0 Å². The van der Waals surface area contributed by atoms with Gasteiger partial charge in [-0.2, -0.15) is 0 Å². The molecule has 3 aliphatic carbocycles. The summed E-state index contributed by atoms with van der Waals surface area (Å²) < 4.78 is 0. The standard InChI is InChI=1S/C17H28N2O/c20-16(14-11-17(14)6-8-18-9-7-17)19-15-10-13(15)12-4-2-1-3-5-12/h12-15,18H,1-11H2,(H,19,20). The Bertz CT molecular complexity index is 382. The minimum Gasteiger partial charge on any atom is -0.353 e. The van der Waals surface area contributed by atoms with Crippen molar-refractivity contribution in [3.63, 3.8) is 0 Å². The summed E-state index contributed by atoms with van der Waals surface area (Å²) >= 11 is 0. The summed E-state index contributed by atoms with van der Waals surface area (Å²) in [5.41, 5.74) is 0.393. The van der Waals surface area contributed by atoms with E-state index in [4.69, 9.17) is 0 Å². The molecule has 1 amide bonds. The minimum atomic E-state index is 0.345. The lowest BCUT2D eigenvalue weighted by Gasteiger charge is -2.23. The Morgan fingerprint density at radius 2 is 1.85 bits per heavy atom. The SMILES string of the molecule is O=C(NC1CC1C1CCCCC1)C1CC12CCNCC2. The van der Waals surface area contributed by atoms with Crippen LogP contribution in [0.25, 0.3) is 0 Å². The molecule has 3 atom stereocenters. The molecule has 0 bridgehead atoms. The normalized spacial score (nSPS) is 39.5. The van der Waals surface area contributed by atoms with Gasteiger partial charge < -0.3 is 10.6 Å². The Balaban J connectivity index is 1.25. The molecule has 3 unspecified atom stereocenters. The van der Waals surface area contributed by atoms with Crippen molar-refractivity contribution >= 4 is 5.91 Å². The average molecular weight is 276 g/mol. The first-order valence-corrected chi connectivity index (χ1v) is 8.80. The highest BCUT2D eigenvalue weighted by Crippen LogP contribution is 2.59. The van der Waals surface area contributed by atoms with E-state index in [2.05, 4.69) is 10.6 Å². The van der Waals surface area contributed by atoms with Crippen LogP contribution in [0.4, 0.5) is 0 Å². The lowest BCUT2D eigenvalue weighted by Crippen LogP contribution is -2.35. The van der Waals surface area contributed by atoms with Gasteiger partial charge >= 0.3 is 0 Å². The molecule has 3 saturated carbocycles. The maximum absolute atomic E-state index is 12.4. The van der Waals surface area contributed by atoms with Crippen LogP contribution >= 0.6 is 0 Å². The summed E-state index contributed by atoms with van der Waals surface area (Å²) in [5, 5.41) is 6.79. The number of carbonyl (C=O) groups excluding carboxylic acids is 1. The summed E-state index contributed by atoms with van der Waals surface area (Å²) in [4.78, 5) is 12.4. The molecule has 112 valence electrons. The Kier molecular flexibility index (Phi) is 3.29. The van der Waals surface area contributed by atoms with Crippen molar-refractivity contribution in [1.82, 2.24) is 10.6 Å². The van der Waals surface area contributed by atoms with Crippen LogP contribution in [0.2, 0.25) is 0 Å². The van der Waals surface area contributed by atoms with Gasteiger partial charge in [0.2, 0.25) is 5.91 Å². The van der Waals surface area contributed by atoms with Gasteiger partial charge in [0.1, 0.15) is 0 Å². The number of rotatable bonds is 3. The number of hydrogen-bond donors (Lipinski definition) is 2. The molecule has 0 aromatic carbocycles. The Morgan fingerprint density at radius 3 is 2.60 bits per heavy atom. The molecular weight excluding hydrogens is 248 g/mol. The van der Waals surface area contributed by atoms with Crippen molar-refractivity contribution in [3.05, 3.63) is 0 Å². The van der Waals surface area contributed by atoms with E-state index in [1.165, 1.54) is 51.4 Å². The van der Waals surface area contributed by atoms with Crippen LogP contribution in [0.3, 0.4) is 0 Å². The zero-order valence-electron chi connectivity index (χ0n) is 12.5. The van der Waals surface area contributed by atoms with Gasteiger partial charge in [0.25, 0.3) is 0 Å². The van der Waals surface area contributed by atoms with E-state index < -0.39 is 0 Å². The zero-order chi connectivity index (χ0) is 13.6. The predicted molar refractivity (Wildman–Crippen MR) is 79.3 cm³/mol. The first-order chi connectivity index (χ1) is 9.78. The van der Waals surface area contributed by atoms with E-state index in [1.54, 1.807) is 0 Å². The molecular formula is C17H28N2O. The average Bonchev–Trinajstić information content (AvgIpc) is 3.38. The van der Waals surface area contributed by atoms with Gasteiger partial charge in [0.05, 0.1) is 0 Å². The number of hydrogen-bond acceptors (Lipinski definition) is 2. The Hall–Kier alpha value is -0.570. The third-order valence-electron chi connectivity index (χ3n) is 6.53. The summed E-state index contributed by atoms with van der Waals surface area (Å²) in [6, 6.07) is 0.532. The summed E-state index contributed by atoms with van der Waals surface area (Å²) in [6.07, 6.45) is 11.9. The minimum absolute atomic E-state index is 0.345. The largest absolute Gasteiger partial charge is 0.353 e. The fourth-order valence-corrected chi connectivity index (χ4v) is 4.94. The molecule has 0 aromatic rings. The maximum atomic E-state index is 12.4. The molecule has 1 saturated heterocycles. The number of carbonyl (C=O) groups is 1. The second-order valence-corrected chi connectivity index (χ2v) is 7.78. The van der Waals surface area contributed by atoms with Crippen molar-refractivity contribution in [2.75, 3.05) is 13.1 Å². The molecule has 20 heavy (non-hydrogen) atoms. The molecule has 0 radical (unpaired) electrons. The van der Waals surface area contributed by atoms with E-state index in [0.29, 0.717) is 23.3 Å². The van der Waals surface area contributed by atoms with E-state index in [0.717, 1.165) is 31.3 Å². The van der Waals surface area contributed by atoms with Gasteiger partial charge in [-0.15, -0.1) is 0 Å². The van der Waals surface area contributed by atoms with Crippen molar-refractivity contribution in [1.29, 1.82) is 0 Å². The van der Waals surface area contributed by atoms with Crippen LogP contribution in [0.1, 0.15) is 57.8 Å². The number of piperidine rings is 1. The van der Waals surface area contributed by atoms with Gasteiger partial charge in [-0.05, 0) is 56.0 Å². The van der Waals surface area contributed by atoms with Gasteiger partial charge in [0, 0.05) is 12.0 Å². The van der Waals surface area contributed by atoms with Gasteiger partial charge in [0.15, 0.2) is 0 Å². The van der Waals surface area contributed by atoms with E-state index in [1.807, 2.05) is 0 Å². The van der Waals surface area contributed by atoms with Crippen LogP contribution in [-0.4, -0.2) is 25.0 Å². The Labute approximate surface area is 122 Å². The summed E-state index contributed by atoms with van der Waals surface area (Å²) in [6.45, 7) is 2.22. The predicted octanol–water partition coefficient (Wildman–Crippen LogP) is 2.46. The molecule has 3 nitrogen and oxygen atoms in total. The smallest absolute Gasteiger partial charge is 0.223 e. The first kappa shape index (κ1) is 13.1. The van der Waals surface area contributed by atoms with Crippen LogP contribution in [0.15, 0.2) is 0 Å². The molecule has 1 aliphatic heterocycles. The molecule has 4 fully saturated rings. The van der Waals surface area contributed by atoms with Crippen molar-refractivity contribution in [2.45, 2.75) is 63.8 Å². The van der Waals surface area contributed by atoms with Crippen molar-refractivity contribution in [2.24, 2.45) is 23.2 Å². The van der Waals surface area contributed by atoms with E-state index in [-0.39, 0.29) is 0 Å². The van der Waals surface area contributed by atoms with Gasteiger partial charge in [-0.3, -0.25) is 4.79 Å². The van der Waals surface area contributed by atoms with Crippen LogP contribution in [-0.2, 0) is 4.79 Å². The zero-order valence-corrected chi connectivity index (χ0v) is 12.5. The molecule has 3 heteroatoms. The second-order valence-electron chi connectivity index (χ2n) is 7.78. The third-order valence-corrected chi connectivity index (χ3v) is 6.53. The van der Waals surface area contributed by atoms with E-state index in [9.17, 15) is 4.79 Å². The fraction of sp³-hybridized carbons (Fsp3) is 0.941. The molecule has 4 rings (SSSR count). The Morgan fingerprint density at radius 1 is 1.10 bits per heavy atom. The third kappa shape index (κ3) is 2.38. The topological polar surface area (TPSA) is 41.1 Å². The lowest BCUT2D eigenvalue weighted by atomic mass is 9.85. The highest BCUT2D eigenvalue weighted by atomic mass is 16.2.